The first kappa shape index (κ1) is 34.0. The SMILES string of the molecule is CCC1=C(C)C(CC2=C(C)[C@](N)(CCC(=O)O)/C(=C/c3[nH]c(/C=C4\NC(=O)[C@H](C)[C@H]4[C@@H](C)S)c(C)c3CCC(=O)O)N2)=NC1=O. The van der Waals surface area contributed by atoms with Crippen molar-refractivity contribution < 1.29 is 29.4 Å². The molecule has 7 N–H and O–H groups in total. The standard InChI is InChI=1S/C33H43N5O6S/c1-7-20-15(2)23(37-32(20)44)12-24-18(5)33(34,11-10-29(41)42)27(36-24)14-25-21(8-9-28(39)40)16(3)22(35-25)13-26-30(19(6)45)17(4)31(43)38-26/h13-14,17,19,30,35-36,45H,7-12,34H2,1-6H3,(H,38,43)(H,39,40)(H,41,42)/b26-13-,27-14-/t17-,19-,30+,33-/m1/s1. The minimum Gasteiger partial charge on any atom is -0.481 e. The van der Waals surface area contributed by atoms with Crippen molar-refractivity contribution in [1.82, 2.24) is 15.6 Å². The number of thiol groups is 1. The molecule has 0 aliphatic carbocycles. The topological polar surface area (TPSA) is 187 Å². The number of rotatable bonds is 12. The number of nitrogens with two attached hydrogens (primary N) is 1. The molecule has 1 aromatic rings. The van der Waals surface area contributed by atoms with Gasteiger partial charge in [0, 0.05) is 70.4 Å². The van der Waals surface area contributed by atoms with Crippen molar-refractivity contribution in [2.24, 2.45) is 22.6 Å². The summed E-state index contributed by atoms with van der Waals surface area (Å²) in [5.41, 5.74) is 13.7. The average Bonchev–Trinajstić information content (AvgIpc) is 3.59. The smallest absolute Gasteiger partial charge is 0.303 e. The van der Waals surface area contributed by atoms with E-state index in [0.29, 0.717) is 41.2 Å². The van der Waals surface area contributed by atoms with Gasteiger partial charge in [0.15, 0.2) is 0 Å². The number of carboxylic acids is 2. The molecule has 12 heteroatoms. The van der Waals surface area contributed by atoms with Gasteiger partial charge < -0.3 is 31.6 Å². The minimum absolute atomic E-state index is 0.0786. The van der Waals surface area contributed by atoms with Crippen molar-refractivity contribution in [2.45, 2.75) is 90.9 Å². The zero-order chi connectivity index (χ0) is 33.4. The Labute approximate surface area is 268 Å². The van der Waals surface area contributed by atoms with Crippen molar-refractivity contribution >= 4 is 54.2 Å². The van der Waals surface area contributed by atoms with E-state index in [1.165, 1.54) is 0 Å². The normalized spacial score (nSPS) is 25.8. The van der Waals surface area contributed by atoms with Crippen LogP contribution in [0.3, 0.4) is 0 Å². The lowest BCUT2D eigenvalue weighted by atomic mass is 9.84. The van der Waals surface area contributed by atoms with Gasteiger partial charge in [-0.2, -0.15) is 12.6 Å². The van der Waals surface area contributed by atoms with E-state index in [1.807, 2.05) is 53.7 Å². The van der Waals surface area contributed by atoms with Crippen LogP contribution in [0.25, 0.3) is 12.2 Å². The Balaban J connectivity index is 1.80. The lowest BCUT2D eigenvalue weighted by molar-refractivity contribution is -0.138. The number of H-pyrrole nitrogens is 1. The molecule has 0 bridgehead atoms. The number of aromatic amines is 1. The maximum absolute atomic E-state index is 12.5. The average molecular weight is 638 g/mol. The number of allylic oxidation sites excluding steroid dienone is 3. The van der Waals surface area contributed by atoms with E-state index in [4.69, 9.17) is 5.73 Å². The lowest BCUT2D eigenvalue weighted by Gasteiger charge is -2.27. The summed E-state index contributed by atoms with van der Waals surface area (Å²) in [4.78, 5) is 55.9. The van der Waals surface area contributed by atoms with Crippen LogP contribution in [0.5, 0.6) is 0 Å². The number of amides is 2. The van der Waals surface area contributed by atoms with Crippen LogP contribution in [-0.2, 0) is 25.6 Å². The molecule has 0 spiro atoms. The summed E-state index contributed by atoms with van der Waals surface area (Å²) < 4.78 is 0. The van der Waals surface area contributed by atoms with E-state index < -0.39 is 17.5 Å². The molecule has 1 saturated heterocycles. The van der Waals surface area contributed by atoms with Crippen LogP contribution in [0.2, 0.25) is 0 Å². The third kappa shape index (κ3) is 6.72. The van der Waals surface area contributed by atoms with E-state index in [2.05, 4.69) is 33.2 Å². The van der Waals surface area contributed by atoms with E-state index in [0.717, 1.165) is 33.7 Å². The first-order valence-electron chi connectivity index (χ1n) is 15.2. The highest BCUT2D eigenvalue weighted by Gasteiger charge is 2.41. The molecule has 1 fully saturated rings. The number of aliphatic carboxylic acids is 2. The second-order valence-electron chi connectivity index (χ2n) is 12.2. The number of aromatic nitrogens is 1. The Kier molecular flexibility index (Phi) is 9.98. The highest BCUT2D eigenvalue weighted by atomic mass is 32.1. The first-order chi connectivity index (χ1) is 21.1. The molecule has 0 radical (unpaired) electrons. The van der Waals surface area contributed by atoms with Gasteiger partial charge in [0.1, 0.15) is 0 Å². The molecule has 2 amide bonds. The van der Waals surface area contributed by atoms with Gasteiger partial charge in [0.25, 0.3) is 5.91 Å². The zero-order valence-electron chi connectivity index (χ0n) is 26.6. The molecule has 0 aromatic carbocycles. The number of hydrogen-bond acceptors (Lipinski definition) is 7. The first-order valence-corrected chi connectivity index (χ1v) is 15.8. The van der Waals surface area contributed by atoms with Crippen LogP contribution >= 0.6 is 12.6 Å². The van der Waals surface area contributed by atoms with Gasteiger partial charge >= 0.3 is 11.9 Å². The Hall–Kier alpha value is -3.90. The third-order valence-corrected chi connectivity index (χ3v) is 9.75. The van der Waals surface area contributed by atoms with Crippen molar-refractivity contribution in [3.8, 4) is 0 Å². The molecule has 242 valence electrons. The maximum atomic E-state index is 12.5. The molecule has 0 saturated carbocycles. The molecule has 4 rings (SSSR count). The van der Waals surface area contributed by atoms with E-state index >= 15 is 0 Å². The van der Waals surface area contributed by atoms with E-state index in [1.54, 1.807) is 0 Å². The Morgan fingerprint density at radius 2 is 1.76 bits per heavy atom. The number of carboxylic acid groups (broad SMARTS) is 2. The number of carbonyl (C=O) groups excluding carboxylic acids is 2. The van der Waals surface area contributed by atoms with Crippen LogP contribution < -0.4 is 16.4 Å². The summed E-state index contributed by atoms with van der Waals surface area (Å²) in [5, 5.41) is 25.3. The summed E-state index contributed by atoms with van der Waals surface area (Å²) in [6.07, 6.45) is 4.68. The van der Waals surface area contributed by atoms with Gasteiger partial charge in [-0.1, -0.05) is 20.8 Å². The van der Waals surface area contributed by atoms with Crippen molar-refractivity contribution in [1.29, 1.82) is 0 Å². The molecule has 1 aromatic heterocycles. The Morgan fingerprint density at radius 3 is 2.33 bits per heavy atom. The largest absolute Gasteiger partial charge is 0.481 e. The second-order valence-corrected chi connectivity index (χ2v) is 13.1. The number of hydrogen-bond donors (Lipinski definition) is 7. The fourth-order valence-corrected chi connectivity index (χ4v) is 6.97. The predicted molar refractivity (Wildman–Crippen MR) is 176 cm³/mol. The Bertz CT molecular complexity index is 1610. The predicted octanol–water partition coefficient (Wildman–Crippen LogP) is 4.26. The maximum Gasteiger partial charge on any atom is 0.303 e. The molecular weight excluding hydrogens is 594 g/mol. The molecule has 0 unspecified atom stereocenters. The molecule has 4 heterocycles. The van der Waals surface area contributed by atoms with Crippen molar-refractivity contribution in [2.75, 3.05) is 0 Å². The summed E-state index contributed by atoms with van der Waals surface area (Å²) in [7, 11) is 0. The molecule has 3 aliphatic rings. The Morgan fingerprint density at radius 1 is 1.09 bits per heavy atom. The number of nitrogens with one attached hydrogen (secondary N) is 3. The van der Waals surface area contributed by atoms with Crippen molar-refractivity contribution in [3.05, 3.63) is 56.3 Å². The zero-order valence-corrected chi connectivity index (χ0v) is 27.5. The number of nitrogens with zero attached hydrogens (tertiary/aromatic N) is 1. The molecule has 11 nitrogen and oxygen atoms in total. The highest BCUT2D eigenvalue weighted by Crippen LogP contribution is 2.39. The third-order valence-electron chi connectivity index (χ3n) is 9.43. The second kappa shape index (κ2) is 13.2. The van der Waals surface area contributed by atoms with E-state index in [-0.39, 0.29) is 54.6 Å². The summed E-state index contributed by atoms with van der Waals surface area (Å²) in [5.74, 6) is -2.61. The fourth-order valence-electron chi connectivity index (χ4n) is 6.55. The van der Waals surface area contributed by atoms with Gasteiger partial charge in [-0.15, -0.1) is 0 Å². The quantitative estimate of drug-likeness (QED) is 0.166. The van der Waals surface area contributed by atoms with E-state index in [9.17, 15) is 29.4 Å². The lowest BCUT2D eigenvalue weighted by Crippen LogP contribution is -2.43. The molecular formula is C33H43N5O6S. The van der Waals surface area contributed by atoms with Crippen LogP contribution in [0.15, 0.2) is 38.8 Å². The van der Waals surface area contributed by atoms with Gasteiger partial charge in [0.05, 0.1) is 11.3 Å². The van der Waals surface area contributed by atoms with Gasteiger partial charge in [-0.05, 0) is 74.5 Å². The van der Waals surface area contributed by atoms with Gasteiger partial charge in [-0.3, -0.25) is 19.2 Å². The molecule has 45 heavy (non-hydrogen) atoms. The summed E-state index contributed by atoms with van der Waals surface area (Å²) in [6.45, 7) is 11.4. The minimum atomic E-state index is -1.16. The monoisotopic (exact) mass is 637 g/mol. The number of carbonyl (C=O) groups is 4. The fraction of sp³-hybridized carbons (Fsp3) is 0.485. The number of aliphatic imine (C=N–C) groups is 1. The van der Waals surface area contributed by atoms with Crippen LogP contribution in [0, 0.1) is 18.8 Å². The van der Waals surface area contributed by atoms with Crippen LogP contribution in [0.4, 0.5) is 0 Å². The molecule has 3 aliphatic heterocycles. The van der Waals surface area contributed by atoms with Crippen LogP contribution in [-0.4, -0.2) is 55.5 Å². The van der Waals surface area contributed by atoms with Gasteiger partial charge in [0.2, 0.25) is 5.91 Å². The van der Waals surface area contributed by atoms with Crippen LogP contribution in [0.1, 0.15) is 89.2 Å². The summed E-state index contributed by atoms with van der Waals surface area (Å²) >= 11 is 4.62. The molecule has 4 atom stereocenters. The van der Waals surface area contributed by atoms with Crippen molar-refractivity contribution in [3.63, 3.8) is 0 Å². The summed E-state index contributed by atoms with van der Waals surface area (Å²) in [6, 6.07) is 0. The highest BCUT2D eigenvalue weighted by molar-refractivity contribution is 7.80. The van der Waals surface area contributed by atoms with Gasteiger partial charge in [-0.25, -0.2) is 4.99 Å².